The van der Waals surface area contributed by atoms with Crippen molar-refractivity contribution in [3.05, 3.63) is 71.8 Å². The van der Waals surface area contributed by atoms with Crippen LogP contribution in [-0.4, -0.2) is 0 Å². The van der Waals surface area contributed by atoms with E-state index in [0.29, 0.717) is 0 Å². The first-order chi connectivity index (χ1) is 7.93. The number of rotatable bonds is 1. The van der Waals surface area contributed by atoms with Gasteiger partial charge in [-0.05, 0) is 18.2 Å². The maximum absolute atomic E-state index is 5.90. The average Bonchev–Trinajstić information content (AvgIpc) is 2.39. The molecular weight excluding hydrogens is 196 g/mol. The van der Waals surface area contributed by atoms with Crippen LogP contribution >= 0.6 is 0 Å². The lowest BCUT2D eigenvalue weighted by Gasteiger charge is -2.21. The van der Waals surface area contributed by atoms with Crippen molar-refractivity contribution in [3.8, 4) is 5.75 Å². The molecule has 1 heteroatoms. The van der Waals surface area contributed by atoms with Gasteiger partial charge in [-0.1, -0.05) is 48.5 Å². The molecule has 0 bridgehead atoms. The van der Waals surface area contributed by atoms with Crippen LogP contribution in [0.5, 0.6) is 5.75 Å². The lowest BCUT2D eigenvalue weighted by Crippen LogP contribution is -2.08. The zero-order valence-electron chi connectivity index (χ0n) is 8.76. The van der Waals surface area contributed by atoms with Crippen LogP contribution in [0.15, 0.2) is 54.6 Å². The average molecular weight is 207 g/mol. The Morgan fingerprint density at radius 2 is 1.88 bits per heavy atom. The largest absolute Gasteiger partial charge is 0.481 e. The van der Waals surface area contributed by atoms with E-state index in [1.807, 2.05) is 42.5 Å². The van der Waals surface area contributed by atoms with Gasteiger partial charge in [-0.2, -0.15) is 0 Å². The van der Waals surface area contributed by atoms with Gasteiger partial charge in [0.25, 0.3) is 0 Å². The van der Waals surface area contributed by atoms with Gasteiger partial charge in [0, 0.05) is 11.1 Å². The molecule has 0 aromatic heterocycles. The molecule has 77 valence electrons. The number of hydrogen-bond donors (Lipinski definition) is 0. The first kappa shape index (κ1) is 9.22. The Bertz CT molecular complexity index is 514. The molecule has 0 saturated carbocycles. The van der Waals surface area contributed by atoms with Crippen LogP contribution in [0.1, 0.15) is 17.2 Å². The van der Waals surface area contributed by atoms with Crippen LogP contribution < -0.4 is 4.74 Å². The van der Waals surface area contributed by atoms with E-state index in [0.717, 1.165) is 16.9 Å². The van der Waals surface area contributed by atoms with Gasteiger partial charge in [-0.15, -0.1) is 0 Å². The van der Waals surface area contributed by atoms with Crippen molar-refractivity contribution in [2.24, 2.45) is 0 Å². The summed E-state index contributed by atoms with van der Waals surface area (Å²) in [7, 11) is 0. The van der Waals surface area contributed by atoms with Crippen molar-refractivity contribution in [1.29, 1.82) is 0 Å². The molecule has 1 aliphatic rings. The Hall–Kier alpha value is -2.02. The van der Waals surface area contributed by atoms with Gasteiger partial charge in [0.05, 0.1) is 0 Å². The second-order valence-electron chi connectivity index (χ2n) is 3.75. The van der Waals surface area contributed by atoms with E-state index in [1.54, 1.807) is 0 Å². The van der Waals surface area contributed by atoms with Crippen molar-refractivity contribution >= 4 is 6.08 Å². The molecule has 0 aliphatic carbocycles. The normalized spacial score (nSPS) is 17.6. The first-order valence-corrected chi connectivity index (χ1v) is 5.34. The molecule has 2 aromatic carbocycles. The van der Waals surface area contributed by atoms with E-state index < -0.39 is 0 Å². The SMILES string of the molecule is [c]1ccccc1C1C=Cc2ccccc2O1. The van der Waals surface area contributed by atoms with E-state index in [4.69, 9.17) is 4.74 Å². The van der Waals surface area contributed by atoms with Crippen molar-refractivity contribution in [1.82, 2.24) is 0 Å². The minimum atomic E-state index is -0.0175. The number of benzene rings is 2. The summed E-state index contributed by atoms with van der Waals surface area (Å²) in [6.45, 7) is 0. The second-order valence-corrected chi connectivity index (χ2v) is 3.75. The fraction of sp³-hybridized carbons (Fsp3) is 0.0667. The topological polar surface area (TPSA) is 9.23 Å². The van der Waals surface area contributed by atoms with Crippen LogP contribution in [0, 0.1) is 6.07 Å². The maximum atomic E-state index is 5.90. The Kier molecular flexibility index (Phi) is 2.22. The van der Waals surface area contributed by atoms with Crippen molar-refractivity contribution < 1.29 is 4.74 Å². The smallest absolute Gasteiger partial charge is 0.143 e. The van der Waals surface area contributed by atoms with E-state index in [1.165, 1.54) is 0 Å². The quantitative estimate of drug-likeness (QED) is 0.693. The second kappa shape index (κ2) is 3.86. The third kappa shape index (κ3) is 1.61. The molecule has 1 unspecified atom stereocenters. The van der Waals surface area contributed by atoms with Crippen LogP contribution in [0.3, 0.4) is 0 Å². The highest BCUT2D eigenvalue weighted by Crippen LogP contribution is 2.31. The summed E-state index contributed by atoms with van der Waals surface area (Å²) in [5.74, 6) is 0.937. The molecule has 0 amide bonds. The molecular formula is C15H11O. The van der Waals surface area contributed by atoms with E-state index in [-0.39, 0.29) is 6.10 Å². The van der Waals surface area contributed by atoms with Gasteiger partial charge < -0.3 is 4.74 Å². The lowest BCUT2D eigenvalue weighted by molar-refractivity contribution is 0.251. The van der Waals surface area contributed by atoms with Gasteiger partial charge >= 0.3 is 0 Å². The molecule has 0 fully saturated rings. The molecule has 0 saturated heterocycles. The highest BCUT2D eigenvalue weighted by molar-refractivity contribution is 5.60. The van der Waals surface area contributed by atoms with Crippen LogP contribution in [0.2, 0.25) is 0 Å². The van der Waals surface area contributed by atoms with Crippen molar-refractivity contribution in [2.75, 3.05) is 0 Å². The third-order valence-corrected chi connectivity index (χ3v) is 2.66. The van der Waals surface area contributed by atoms with Gasteiger partial charge in [-0.3, -0.25) is 0 Å². The Labute approximate surface area is 95.0 Å². The zero-order valence-corrected chi connectivity index (χ0v) is 8.76. The molecule has 3 rings (SSSR count). The summed E-state index contributed by atoms with van der Waals surface area (Å²) >= 11 is 0. The lowest BCUT2D eigenvalue weighted by atomic mass is 10.0. The van der Waals surface area contributed by atoms with Gasteiger partial charge in [-0.25, -0.2) is 0 Å². The molecule has 1 aliphatic heterocycles. The highest BCUT2D eigenvalue weighted by atomic mass is 16.5. The number of ether oxygens (including phenoxy) is 1. The van der Waals surface area contributed by atoms with Gasteiger partial charge in [0.1, 0.15) is 11.9 Å². The van der Waals surface area contributed by atoms with E-state index in [2.05, 4.69) is 24.3 Å². The molecule has 1 radical (unpaired) electrons. The first-order valence-electron chi connectivity index (χ1n) is 5.34. The molecule has 16 heavy (non-hydrogen) atoms. The monoisotopic (exact) mass is 207 g/mol. The molecule has 1 nitrogen and oxygen atoms in total. The third-order valence-electron chi connectivity index (χ3n) is 2.66. The van der Waals surface area contributed by atoms with Gasteiger partial charge in [0.2, 0.25) is 0 Å². The number of para-hydroxylation sites is 1. The summed E-state index contributed by atoms with van der Waals surface area (Å²) < 4.78 is 5.90. The molecule has 2 aromatic rings. The fourth-order valence-electron chi connectivity index (χ4n) is 1.84. The summed E-state index contributed by atoms with van der Waals surface area (Å²) in [4.78, 5) is 0. The van der Waals surface area contributed by atoms with Crippen LogP contribution in [0.25, 0.3) is 6.08 Å². The number of hydrogen-bond acceptors (Lipinski definition) is 1. The van der Waals surface area contributed by atoms with Crippen LogP contribution in [-0.2, 0) is 0 Å². The predicted octanol–water partition coefficient (Wildman–Crippen LogP) is 3.63. The standard InChI is InChI=1S/C15H11O/c1-2-6-12(7-3-1)15-11-10-13-8-4-5-9-14(13)16-15/h1-6,8-11,15H. The Morgan fingerprint density at radius 3 is 2.75 bits per heavy atom. The summed E-state index contributed by atoms with van der Waals surface area (Å²) in [5, 5.41) is 0. The molecule has 1 atom stereocenters. The minimum absolute atomic E-state index is 0.0175. The summed E-state index contributed by atoms with van der Waals surface area (Å²) in [6.07, 6.45) is 4.15. The zero-order chi connectivity index (χ0) is 10.8. The molecule has 0 spiro atoms. The Balaban J connectivity index is 1.95. The molecule has 0 N–H and O–H groups in total. The Morgan fingerprint density at radius 1 is 1.00 bits per heavy atom. The summed E-state index contributed by atoms with van der Waals surface area (Å²) in [6, 6.07) is 19.2. The highest BCUT2D eigenvalue weighted by Gasteiger charge is 2.15. The van der Waals surface area contributed by atoms with Crippen molar-refractivity contribution in [2.45, 2.75) is 6.10 Å². The summed E-state index contributed by atoms with van der Waals surface area (Å²) in [5.41, 5.74) is 2.20. The predicted molar refractivity (Wildman–Crippen MR) is 64.1 cm³/mol. The fourth-order valence-corrected chi connectivity index (χ4v) is 1.84. The van der Waals surface area contributed by atoms with Crippen LogP contribution in [0.4, 0.5) is 0 Å². The minimum Gasteiger partial charge on any atom is -0.481 e. The van der Waals surface area contributed by atoms with E-state index >= 15 is 0 Å². The van der Waals surface area contributed by atoms with Gasteiger partial charge in [0.15, 0.2) is 0 Å². The maximum Gasteiger partial charge on any atom is 0.143 e. The molecule has 1 heterocycles. The van der Waals surface area contributed by atoms with Crippen molar-refractivity contribution in [3.63, 3.8) is 0 Å². The number of fused-ring (bicyclic) bond motifs is 1. The van der Waals surface area contributed by atoms with E-state index in [9.17, 15) is 0 Å².